The topological polar surface area (TPSA) is 25.2 Å². The summed E-state index contributed by atoms with van der Waals surface area (Å²) in [6.45, 7) is 6.78. The number of benzene rings is 1. The van der Waals surface area contributed by atoms with Crippen LogP contribution < -0.4 is 0 Å². The first-order chi connectivity index (χ1) is 11.7. The average Bonchev–Trinajstić information content (AvgIpc) is 3.33. The van der Waals surface area contributed by atoms with E-state index in [9.17, 15) is 4.79 Å². The monoisotopic (exact) mass is 324 g/mol. The number of aromatic nitrogens is 1. The van der Waals surface area contributed by atoms with Gasteiger partial charge in [0.1, 0.15) is 0 Å². The first-order valence-electron chi connectivity index (χ1n) is 9.15. The van der Waals surface area contributed by atoms with Crippen LogP contribution in [0.5, 0.6) is 0 Å². The van der Waals surface area contributed by atoms with Gasteiger partial charge in [-0.15, -0.1) is 0 Å². The Bertz CT molecular complexity index is 685. The quantitative estimate of drug-likeness (QED) is 0.707. The number of unbranched alkanes of at least 4 members (excludes halogenated alkanes) is 1. The summed E-state index contributed by atoms with van der Waals surface area (Å²) in [5.74, 6) is 0.647. The Morgan fingerprint density at radius 3 is 2.79 bits per heavy atom. The lowest BCUT2D eigenvalue weighted by atomic mass is 10.1. The molecule has 0 N–H and O–H groups in total. The van der Waals surface area contributed by atoms with Gasteiger partial charge in [-0.05, 0) is 43.9 Å². The maximum atomic E-state index is 12.6. The molecule has 24 heavy (non-hydrogen) atoms. The number of aryl methyl sites for hydroxylation is 1. The van der Waals surface area contributed by atoms with Crippen molar-refractivity contribution in [1.82, 2.24) is 9.47 Å². The van der Waals surface area contributed by atoms with E-state index in [-0.39, 0.29) is 0 Å². The molecule has 3 heteroatoms. The minimum absolute atomic E-state index is 0.294. The zero-order valence-corrected chi connectivity index (χ0v) is 14.9. The lowest BCUT2D eigenvalue weighted by Crippen LogP contribution is -2.33. The van der Waals surface area contributed by atoms with Gasteiger partial charge in [0.25, 0.3) is 0 Å². The summed E-state index contributed by atoms with van der Waals surface area (Å²) < 4.78 is 2.27. The largest absolute Gasteiger partial charge is 0.345 e. The van der Waals surface area contributed by atoms with E-state index < -0.39 is 0 Å². The van der Waals surface area contributed by atoms with E-state index in [0.717, 1.165) is 45.3 Å². The molecule has 1 aromatic heterocycles. The van der Waals surface area contributed by atoms with Gasteiger partial charge in [0.15, 0.2) is 0 Å². The van der Waals surface area contributed by atoms with Gasteiger partial charge < -0.3 is 9.47 Å². The normalized spacial score (nSPS) is 13.9. The summed E-state index contributed by atoms with van der Waals surface area (Å²) in [6, 6.07) is 12.9. The first kappa shape index (κ1) is 16.8. The minimum atomic E-state index is 0.294. The highest BCUT2D eigenvalue weighted by atomic mass is 16.2. The number of nitrogens with zero attached hydrogens (tertiary/aromatic N) is 2. The Hall–Kier alpha value is -2.03. The summed E-state index contributed by atoms with van der Waals surface area (Å²) in [5.41, 5.74) is 3.82. The van der Waals surface area contributed by atoms with Crippen molar-refractivity contribution in [3.63, 3.8) is 0 Å². The van der Waals surface area contributed by atoms with Crippen molar-refractivity contribution in [1.29, 1.82) is 0 Å². The van der Waals surface area contributed by atoms with E-state index >= 15 is 0 Å². The molecule has 3 nitrogen and oxygen atoms in total. The third-order valence-corrected chi connectivity index (χ3v) is 4.73. The molecule has 1 amide bonds. The Balaban J connectivity index is 1.71. The molecule has 0 unspecified atom stereocenters. The van der Waals surface area contributed by atoms with Crippen LogP contribution in [0.4, 0.5) is 0 Å². The standard InChI is InChI=1S/C21H28N2O/c1-3-4-12-23(21(24)19-10-11-19)16-20-9-6-13-22(20)15-18-8-5-7-17(2)14-18/h5-9,13-14,19H,3-4,10-12,15-16H2,1-2H3. The second kappa shape index (κ2) is 7.69. The maximum Gasteiger partial charge on any atom is 0.226 e. The number of carbonyl (C=O) groups is 1. The molecular formula is C21H28N2O. The molecule has 1 aliphatic rings. The van der Waals surface area contributed by atoms with Crippen molar-refractivity contribution in [2.45, 2.75) is 52.6 Å². The predicted octanol–water partition coefficient (Wildman–Crippen LogP) is 4.38. The average molecular weight is 324 g/mol. The summed E-state index contributed by atoms with van der Waals surface area (Å²) in [6.07, 6.45) is 6.48. The van der Waals surface area contributed by atoms with Crippen molar-refractivity contribution < 1.29 is 4.79 Å². The third kappa shape index (κ3) is 4.28. The van der Waals surface area contributed by atoms with Crippen LogP contribution in [0.2, 0.25) is 0 Å². The molecule has 128 valence electrons. The fourth-order valence-electron chi connectivity index (χ4n) is 3.15. The zero-order valence-electron chi connectivity index (χ0n) is 14.9. The second-order valence-corrected chi connectivity index (χ2v) is 7.00. The number of rotatable bonds is 8. The van der Waals surface area contributed by atoms with Crippen LogP contribution in [-0.4, -0.2) is 21.9 Å². The Morgan fingerprint density at radius 2 is 2.08 bits per heavy atom. The molecule has 0 saturated heterocycles. The number of carbonyl (C=O) groups excluding carboxylic acids is 1. The van der Waals surface area contributed by atoms with Gasteiger partial charge >= 0.3 is 0 Å². The van der Waals surface area contributed by atoms with Gasteiger partial charge in [0.05, 0.1) is 6.54 Å². The van der Waals surface area contributed by atoms with Crippen molar-refractivity contribution in [2.75, 3.05) is 6.54 Å². The number of amides is 1. The van der Waals surface area contributed by atoms with E-state index in [1.807, 2.05) is 0 Å². The van der Waals surface area contributed by atoms with Crippen LogP contribution in [0.1, 0.15) is 49.4 Å². The second-order valence-electron chi connectivity index (χ2n) is 7.00. The molecule has 1 aliphatic carbocycles. The van der Waals surface area contributed by atoms with Crippen molar-refractivity contribution in [3.05, 3.63) is 59.4 Å². The van der Waals surface area contributed by atoms with Crippen LogP contribution in [0.15, 0.2) is 42.6 Å². The molecular weight excluding hydrogens is 296 g/mol. The molecule has 1 heterocycles. The van der Waals surface area contributed by atoms with E-state index in [1.165, 1.54) is 16.8 Å². The molecule has 0 bridgehead atoms. The SMILES string of the molecule is CCCCN(Cc1cccn1Cc1cccc(C)c1)C(=O)C1CC1. The fraction of sp³-hybridized carbons (Fsp3) is 0.476. The molecule has 0 spiro atoms. The van der Waals surface area contributed by atoms with Crippen LogP contribution in [-0.2, 0) is 17.9 Å². The summed E-state index contributed by atoms with van der Waals surface area (Å²) in [5, 5.41) is 0. The molecule has 0 atom stereocenters. The summed E-state index contributed by atoms with van der Waals surface area (Å²) in [4.78, 5) is 14.6. The zero-order chi connectivity index (χ0) is 16.9. The highest BCUT2D eigenvalue weighted by Gasteiger charge is 2.33. The summed E-state index contributed by atoms with van der Waals surface area (Å²) >= 11 is 0. The predicted molar refractivity (Wildman–Crippen MR) is 97.8 cm³/mol. The van der Waals surface area contributed by atoms with Gasteiger partial charge in [-0.3, -0.25) is 4.79 Å². The van der Waals surface area contributed by atoms with Gasteiger partial charge in [0, 0.05) is 30.9 Å². The van der Waals surface area contributed by atoms with Crippen LogP contribution >= 0.6 is 0 Å². The smallest absolute Gasteiger partial charge is 0.226 e. The molecule has 1 aromatic carbocycles. The van der Waals surface area contributed by atoms with Gasteiger partial charge in [0.2, 0.25) is 5.91 Å². The van der Waals surface area contributed by atoms with E-state index in [1.54, 1.807) is 0 Å². The Morgan fingerprint density at radius 1 is 1.25 bits per heavy atom. The molecule has 1 fully saturated rings. The lowest BCUT2D eigenvalue weighted by Gasteiger charge is -2.23. The summed E-state index contributed by atoms with van der Waals surface area (Å²) in [7, 11) is 0. The third-order valence-electron chi connectivity index (χ3n) is 4.73. The lowest BCUT2D eigenvalue weighted by molar-refractivity contribution is -0.133. The van der Waals surface area contributed by atoms with Crippen LogP contribution in [0.3, 0.4) is 0 Å². The molecule has 0 radical (unpaired) electrons. The maximum absolute atomic E-state index is 12.6. The van der Waals surface area contributed by atoms with Gasteiger partial charge in [-0.1, -0.05) is 43.2 Å². The van der Waals surface area contributed by atoms with E-state index in [2.05, 4.69) is 65.9 Å². The van der Waals surface area contributed by atoms with Gasteiger partial charge in [-0.25, -0.2) is 0 Å². The van der Waals surface area contributed by atoms with Gasteiger partial charge in [-0.2, -0.15) is 0 Å². The Kier molecular flexibility index (Phi) is 5.39. The highest BCUT2D eigenvalue weighted by Crippen LogP contribution is 2.31. The number of hydrogen-bond acceptors (Lipinski definition) is 1. The van der Waals surface area contributed by atoms with E-state index in [4.69, 9.17) is 0 Å². The van der Waals surface area contributed by atoms with E-state index in [0.29, 0.717) is 11.8 Å². The molecule has 0 aliphatic heterocycles. The minimum Gasteiger partial charge on any atom is -0.345 e. The van der Waals surface area contributed by atoms with Crippen molar-refractivity contribution >= 4 is 5.91 Å². The molecule has 3 rings (SSSR count). The number of hydrogen-bond donors (Lipinski definition) is 0. The fourth-order valence-corrected chi connectivity index (χ4v) is 3.15. The molecule has 1 saturated carbocycles. The molecule has 2 aromatic rings. The Labute approximate surface area is 145 Å². The highest BCUT2D eigenvalue weighted by molar-refractivity contribution is 5.81. The van der Waals surface area contributed by atoms with Crippen LogP contribution in [0.25, 0.3) is 0 Å². The van der Waals surface area contributed by atoms with Crippen molar-refractivity contribution in [3.8, 4) is 0 Å². The van der Waals surface area contributed by atoms with Crippen molar-refractivity contribution in [2.24, 2.45) is 5.92 Å². The first-order valence-corrected chi connectivity index (χ1v) is 9.15. The van der Waals surface area contributed by atoms with Crippen LogP contribution in [0, 0.1) is 12.8 Å².